The molecule has 1 unspecified atom stereocenters. The highest BCUT2D eigenvalue weighted by Gasteiger charge is 2.30. The fourth-order valence-electron chi connectivity index (χ4n) is 4.29. The number of ether oxygens (including phenoxy) is 1. The molecule has 2 amide bonds. The summed E-state index contributed by atoms with van der Waals surface area (Å²) >= 11 is 0. The van der Waals surface area contributed by atoms with Gasteiger partial charge in [-0.15, -0.1) is 0 Å². The molecule has 0 radical (unpaired) electrons. The number of carboxylic acids is 1. The van der Waals surface area contributed by atoms with Gasteiger partial charge in [0, 0.05) is 5.92 Å². The molecule has 35 heavy (non-hydrogen) atoms. The molecule has 0 heterocycles. The number of carbonyl (C=O) groups excluding carboxylic acids is 2. The molecule has 0 saturated heterocycles. The van der Waals surface area contributed by atoms with Gasteiger partial charge in [-0.25, -0.2) is 4.79 Å². The van der Waals surface area contributed by atoms with Crippen LogP contribution in [0.2, 0.25) is 0 Å². The summed E-state index contributed by atoms with van der Waals surface area (Å²) in [5.74, 6) is -2.38. The Kier molecular flexibility index (Phi) is 7.01. The van der Waals surface area contributed by atoms with Crippen molar-refractivity contribution in [3.05, 3.63) is 83.4 Å². The molecular formula is C27H26N2O6. The van der Waals surface area contributed by atoms with Crippen molar-refractivity contribution in [1.82, 2.24) is 5.32 Å². The number of hydrogen-bond acceptors (Lipinski definition) is 5. The van der Waals surface area contributed by atoms with Crippen LogP contribution >= 0.6 is 0 Å². The van der Waals surface area contributed by atoms with E-state index >= 15 is 0 Å². The Bertz CT molecular complexity index is 1230. The molecule has 1 aliphatic rings. The standard InChI is InChI=1S/C27H26N2O6/c1-2-16-11-12-24(30)22(13-16)28-26(33)23(14-25(31)32)29-27(34)35-15-21-19-9-5-3-7-17(19)18-8-4-6-10-20(18)21/h3-13,21,23,30H,2,14-15H2,1H3,(H,28,33)(H,29,34)(H,31,32). The number of hydrogen-bond donors (Lipinski definition) is 4. The molecule has 1 aliphatic carbocycles. The first-order valence-corrected chi connectivity index (χ1v) is 11.3. The molecular weight excluding hydrogens is 448 g/mol. The van der Waals surface area contributed by atoms with E-state index in [4.69, 9.17) is 4.74 Å². The SMILES string of the molecule is CCc1ccc(O)c(NC(=O)C(CC(=O)O)NC(=O)OCC2c3ccccc3-c3ccccc32)c1. The van der Waals surface area contributed by atoms with Crippen LogP contribution in [0.25, 0.3) is 11.1 Å². The number of fused-ring (bicyclic) bond motifs is 3. The number of carboxylic acid groups (broad SMARTS) is 1. The van der Waals surface area contributed by atoms with Crippen LogP contribution in [0, 0.1) is 0 Å². The largest absolute Gasteiger partial charge is 0.506 e. The van der Waals surface area contributed by atoms with Crippen LogP contribution in [-0.2, 0) is 20.7 Å². The molecule has 8 nitrogen and oxygen atoms in total. The van der Waals surface area contributed by atoms with Crippen molar-refractivity contribution in [2.75, 3.05) is 11.9 Å². The summed E-state index contributed by atoms with van der Waals surface area (Å²) in [5, 5.41) is 24.1. The maximum Gasteiger partial charge on any atom is 0.407 e. The van der Waals surface area contributed by atoms with E-state index in [-0.39, 0.29) is 24.0 Å². The van der Waals surface area contributed by atoms with E-state index in [1.54, 1.807) is 12.1 Å². The normalized spacial score (nSPS) is 12.8. The monoisotopic (exact) mass is 474 g/mol. The topological polar surface area (TPSA) is 125 Å². The van der Waals surface area contributed by atoms with Gasteiger partial charge in [-0.2, -0.15) is 0 Å². The molecule has 0 saturated carbocycles. The lowest BCUT2D eigenvalue weighted by Crippen LogP contribution is -2.45. The van der Waals surface area contributed by atoms with E-state index in [0.717, 1.165) is 27.8 Å². The minimum Gasteiger partial charge on any atom is -0.506 e. The Morgan fingerprint density at radius 1 is 0.971 bits per heavy atom. The third-order valence-corrected chi connectivity index (χ3v) is 6.06. The van der Waals surface area contributed by atoms with Crippen molar-refractivity contribution in [3.8, 4) is 16.9 Å². The highest BCUT2D eigenvalue weighted by Crippen LogP contribution is 2.44. The number of aromatic hydroxyl groups is 1. The molecule has 0 spiro atoms. The molecule has 0 bridgehead atoms. The van der Waals surface area contributed by atoms with Crippen LogP contribution in [0.5, 0.6) is 5.75 Å². The second kappa shape index (κ2) is 10.3. The summed E-state index contributed by atoms with van der Waals surface area (Å²) in [6, 6.07) is 19.1. The van der Waals surface area contributed by atoms with Gasteiger partial charge in [-0.3, -0.25) is 9.59 Å². The molecule has 1 atom stereocenters. The molecule has 180 valence electrons. The van der Waals surface area contributed by atoms with Crippen molar-refractivity contribution in [2.24, 2.45) is 0 Å². The first-order valence-electron chi connectivity index (χ1n) is 11.3. The Balaban J connectivity index is 1.44. The fraction of sp³-hybridized carbons (Fsp3) is 0.222. The second-order valence-electron chi connectivity index (χ2n) is 8.31. The number of alkyl carbamates (subject to hydrolysis) is 1. The minimum atomic E-state index is -1.40. The van der Waals surface area contributed by atoms with Gasteiger partial charge in [-0.1, -0.05) is 61.5 Å². The zero-order valence-corrected chi connectivity index (χ0v) is 19.2. The van der Waals surface area contributed by atoms with Gasteiger partial charge in [0.05, 0.1) is 12.1 Å². The number of rotatable bonds is 8. The number of aliphatic carboxylic acids is 1. The average Bonchev–Trinajstić information content (AvgIpc) is 3.17. The Hall–Kier alpha value is -4.33. The van der Waals surface area contributed by atoms with E-state index < -0.39 is 30.4 Å². The average molecular weight is 475 g/mol. The molecule has 4 N–H and O–H groups in total. The van der Waals surface area contributed by atoms with Gasteiger partial charge in [0.15, 0.2) is 0 Å². The van der Waals surface area contributed by atoms with Crippen LogP contribution in [0.4, 0.5) is 10.5 Å². The zero-order valence-electron chi connectivity index (χ0n) is 19.2. The molecule has 3 aromatic rings. The lowest BCUT2D eigenvalue weighted by molar-refractivity contribution is -0.139. The van der Waals surface area contributed by atoms with Crippen LogP contribution in [0.3, 0.4) is 0 Å². The van der Waals surface area contributed by atoms with E-state index in [9.17, 15) is 24.6 Å². The van der Waals surface area contributed by atoms with Crippen molar-refractivity contribution in [2.45, 2.75) is 31.7 Å². The first kappa shape index (κ1) is 23.8. The predicted molar refractivity (Wildman–Crippen MR) is 130 cm³/mol. The number of aryl methyl sites for hydroxylation is 1. The van der Waals surface area contributed by atoms with E-state index in [2.05, 4.69) is 10.6 Å². The van der Waals surface area contributed by atoms with Gasteiger partial charge in [0.2, 0.25) is 5.91 Å². The number of phenolic OH excluding ortho intramolecular Hbond substituents is 1. The maximum atomic E-state index is 12.8. The Labute approximate surface area is 202 Å². The summed E-state index contributed by atoms with van der Waals surface area (Å²) in [5.41, 5.74) is 5.24. The summed E-state index contributed by atoms with van der Waals surface area (Å²) in [6.07, 6.45) is -0.871. The number of benzene rings is 3. The van der Waals surface area contributed by atoms with Crippen LogP contribution in [0.15, 0.2) is 66.7 Å². The highest BCUT2D eigenvalue weighted by atomic mass is 16.5. The maximum absolute atomic E-state index is 12.8. The zero-order chi connectivity index (χ0) is 24.9. The lowest BCUT2D eigenvalue weighted by atomic mass is 9.98. The number of amides is 2. The van der Waals surface area contributed by atoms with E-state index in [0.29, 0.717) is 6.42 Å². The Morgan fingerprint density at radius 3 is 2.20 bits per heavy atom. The lowest BCUT2D eigenvalue weighted by Gasteiger charge is -2.19. The number of phenols is 1. The van der Waals surface area contributed by atoms with Crippen molar-refractivity contribution in [1.29, 1.82) is 0 Å². The highest BCUT2D eigenvalue weighted by molar-refractivity contribution is 5.99. The summed E-state index contributed by atoms with van der Waals surface area (Å²) in [4.78, 5) is 36.7. The molecule has 0 fully saturated rings. The number of anilines is 1. The summed E-state index contributed by atoms with van der Waals surface area (Å²) in [6.45, 7) is 1.95. The van der Waals surface area contributed by atoms with E-state index in [1.807, 2.05) is 55.5 Å². The van der Waals surface area contributed by atoms with Gasteiger partial charge in [-0.05, 0) is 46.4 Å². The fourth-order valence-corrected chi connectivity index (χ4v) is 4.29. The van der Waals surface area contributed by atoms with Crippen molar-refractivity contribution in [3.63, 3.8) is 0 Å². The number of nitrogens with one attached hydrogen (secondary N) is 2. The third-order valence-electron chi connectivity index (χ3n) is 6.06. The smallest absolute Gasteiger partial charge is 0.407 e. The van der Waals surface area contributed by atoms with E-state index in [1.165, 1.54) is 6.07 Å². The van der Waals surface area contributed by atoms with Gasteiger partial charge in [0.25, 0.3) is 0 Å². The van der Waals surface area contributed by atoms with Gasteiger partial charge < -0.3 is 25.6 Å². The summed E-state index contributed by atoms with van der Waals surface area (Å²) in [7, 11) is 0. The molecule has 8 heteroatoms. The van der Waals surface area contributed by atoms with Gasteiger partial charge >= 0.3 is 12.1 Å². The molecule has 0 aromatic heterocycles. The predicted octanol–water partition coefficient (Wildman–Crippen LogP) is 4.28. The van der Waals surface area contributed by atoms with Crippen LogP contribution in [-0.4, -0.2) is 40.8 Å². The third kappa shape index (κ3) is 5.27. The number of carbonyl (C=O) groups is 3. The molecule has 3 aromatic carbocycles. The van der Waals surface area contributed by atoms with Crippen LogP contribution in [0.1, 0.15) is 36.0 Å². The van der Waals surface area contributed by atoms with Crippen LogP contribution < -0.4 is 10.6 Å². The first-order chi connectivity index (χ1) is 16.9. The van der Waals surface area contributed by atoms with Crippen molar-refractivity contribution < 1.29 is 29.3 Å². The minimum absolute atomic E-state index is 0.0284. The summed E-state index contributed by atoms with van der Waals surface area (Å²) < 4.78 is 5.44. The molecule has 0 aliphatic heterocycles. The molecule has 4 rings (SSSR count). The van der Waals surface area contributed by atoms with Gasteiger partial charge in [0.1, 0.15) is 18.4 Å². The Morgan fingerprint density at radius 2 is 1.60 bits per heavy atom. The quantitative estimate of drug-likeness (QED) is 0.361. The second-order valence-corrected chi connectivity index (χ2v) is 8.31. The van der Waals surface area contributed by atoms with Crippen molar-refractivity contribution >= 4 is 23.7 Å².